The van der Waals surface area contributed by atoms with Crippen LogP contribution in [0.4, 0.5) is 30.7 Å². The summed E-state index contributed by atoms with van der Waals surface area (Å²) in [4.78, 5) is 22.8. The molecule has 240 valence electrons. The van der Waals surface area contributed by atoms with Crippen LogP contribution in [0.3, 0.4) is 0 Å². The highest BCUT2D eigenvalue weighted by Crippen LogP contribution is 2.45. The van der Waals surface area contributed by atoms with E-state index in [2.05, 4.69) is 4.18 Å². The van der Waals surface area contributed by atoms with E-state index in [9.17, 15) is 52.8 Å². The van der Waals surface area contributed by atoms with Gasteiger partial charge in [-0.25, -0.2) is 9.18 Å². The van der Waals surface area contributed by atoms with E-state index < -0.39 is 95.5 Å². The van der Waals surface area contributed by atoms with E-state index in [1.165, 1.54) is 0 Å². The standard InChI is InChI=1S/C24H19F7N2O9S2/c1-22(25)19(42-44(38,39)17-9-5-3-7-14(17)24(29,30)31)15(41-20(22)33-11-10-18(34)32-21(33)35)12-40-43(36,37)16-8-4-2-6-13(16)23(26,27)28/h2-11,15,19-20H,12H2,1H3,(H,32,34,35)/t15-,19-,20?,22-/m1/s1. The molecule has 4 atom stereocenters. The van der Waals surface area contributed by atoms with Gasteiger partial charge in [0, 0.05) is 12.3 Å². The van der Waals surface area contributed by atoms with E-state index in [0.717, 1.165) is 30.3 Å². The average Bonchev–Trinajstić information content (AvgIpc) is 3.15. The summed E-state index contributed by atoms with van der Waals surface area (Å²) in [7, 11) is -10.9. The van der Waals surface area contributed by atoms with Gasteiger partial charge in [0.1, 0.15) is 22.0 Å². The summed E-state index contributed by atoms with van der Waals surface area (Å²) in [6.07, 6.45) is -16.7. The van der Waals surface area contributed by atoms with Crippen LogP contribution in [0.1, 0.15) is 24.3 Å². The number of hydrogen-bond donors (Lipinski definition) is 1. The third-order valence-corrected chi connectivity index (χ3v) is 9.02. The summed E-state index contributed by atoms with van der Waals surface area (Å²) in [5.74, 6) is 0. The Morgan fingerprint density at radius 1 is 0.864 bits per heavy atom. The van der Waals surface area contributed by atoms with Crippen molar-refractivity contribution in [1.29, 1.82) is 0 Å². The largest absolute Gasteiger partial charge is 0.417 e. The number of nitrogens with zero attached hydrogens (tertiary/aromatic N) is 1. The van der Waals surface area contributed by atoms with Gasteiger partial charge in [-0.15, -0.1) is 0 Å². The predicted molar refractivity (Wildman–Crippen MR) is 133 cm³/mol. The maximum absolute atomic E-state index is 16.4. The third kappa shape index (κ3) is 6.58. The van der Waals surface area contributed by atoms with Crippen molar-refractivity contribution in [1.82, 2.24) is 9.55 Å². The number of hydrogen-bond acceptors (Lipinski definition) is 9. The Hall–Kier alpha value is -3.59. The Labute approximate surface area is 243 Å². The van der Waals surface area contributed by atoms with Gasteiger partial charge in [0.05, 0.1) is 17.7 Å². The SMILES string of the molecule is C[C@]1(F)C(n2ccc(=O)[nH]c2=O)O[C@H](COS(=O)(=O)c2ccccc2C(F)(F)F)[C@H]1OS(=O)(=O)c1ccccc1C(F)(F)F. The van der Waals surface area contributed by atoms with Gasteiger partial charge < -0.3 is 4.74 Å². The molecule has 1 fully saturated rings. The highest BCUT2D eigenvalue weighted by Gasteiger charge is 2.59. The summed E-state index contributed by atoms with van der Waals surface area (Å²) in [6.45, 7) is -0.845. The molecule has 3 aromatic rings. The van der Waals surface area contributed by atoms with Gasteiger partial charge in [0.25, 0.3) is 25.8 Å². The molecule has 1 unspecified atom stereocenters. The Balaban J connectivity index is 1.76. The van der Waals surface area contributed by atoms with Crippen LogP contribution in [0.5, 0.6) is 0 Å². The monoisotopic (exact) mass is 676 g/mol. The van der Waals surface area contributed by atoms with Crippen LogP contribution in [0, 0.1) is 0 Å². The molecule has 1 aliphatic rings. The zero-order chi connectivity index (χ0) is 32.9. The van der Waals surface area contributed by atoms with Crippen molar-refractivity contribution in [3.8, 4) is 0 Å². The number of aromatic nitrogens is 2. The maximum atomic E-state index is 16.4. The molecular formula is C24H19F7N2O9S2. The number of H-pyrrole nitrogens is 1. The topological polar surface area (TPSA) is 151 Å². The third-order valence-electron chi connectivity index (χ3n) is 6.33. The van der Waals surface area contributed by atoms with Crippen LogP contribution in [-0.4, -0.2) is 50.9 Å². The second-order valence-electron chi connectivity index (χ2n) is 9.39. The number of rotatable bonds is 8. The number of ether oxygens (including phenoxy) is 1. The number of nitrogens with one attached hydrogen (secondary N) is 1. The molecule has 2 aromatic carbocycles. The van der Waals surface area contributed by atoms with Gasteiger partial charge in [-0.3, -0.25) is 22.7 Å². The quantitative estimate of drug-likeness (QED) is 0.280. The van der Waals surface area contributed by atoms with Gasteiger partial charge in [-0.1, -0.05) is 24.3 Å². The molecule has 1 saturated heterocycles. The fourth-order valence-electron chi connectivity index (χ4n) is 4.35. The lowest BCUT2D eigenvalue weighted by atomic mass is 9.98. The minimum absolute atomic E-state index is 0.393. The Morgan fingerprint density at radius 2 is 1.36 bits per heavy atom. The van der Waals surface area contributed by atoms with Crippen LogP contribution in [0.15, 0.2) is 80.2 Å². The number of alkyl halides is 7. The predicted octanol–water partition coefficient (Wildman–Crippen LogP) is 3.38. The van der Waals surface area contributed by atoms with Gasteiger partial charge in [-0.2, -0.15) is 43.2 Å². The lowest BCUT2D eigenvalue weighted by molar-refractivity contribution is -0.140. The first-order valence-electron chi connectivity index (χ1n) is 12.0. The Kier molecular flexibility index (Phi) is 8.63. The van der Waals surface area contributed by atoms with Crippen molar-refractivity contribution in [3.05, 3.63) is 92.8 Å². The minimum atomic E-state index is -5.55. The fourth-order valence-corrected chi connectivity index (χ4v) is 6.88. The molecule has 0 saturated carbocycles. The van der Waals surface area contributed by atoms with Crippen molar-refractivity contribution < 1.29 is 60.7 Å². The second kappa shape index (κ2) is 11.4. The molecule has 2 heterocycles. The number of halogens is 7. The first-order chi connectivity index (χ1) is 20.2. The number of aromatic amines is 1. The molecule has 1 aromatic heterocycles. The summed E-state index contributed by atoms with van der Waals surface area (Å²) in [6, 6.07) is 6.18. The zero-order valence-electron chi connectivity index (χ0n) is 21.8. The minimum Gasteiger partial charge on any atom is -0.346 e. The maximum Gasteiger partial charge on any atom is 0.417 e. The molecule has 20 heteroatoms. The fraction of sp³-hybridized carbons (Fsp3) is 0.333. The van der Waals surface area contributed by atoms with Crippen molar-refractivity contribution in [2.75, 3.05) is 6.61 Å². The van der Waals surface area contributed by atoms with Gasteiger partial charge in [0.2, 0.25) is 0 Å². The summed E-state index contributed by atoms with van der Waals surface area (Å²) in [5.41, 5.74) is -8.79. The first kappa shape index (κ1) is 33.3. The van der Waals surface area contributed by atoms with Crippen molar-refractivity contribution in [2.45, 2.75) is 53.2 Å². The van der Waals surface area contributed by atoms with E-state index in [1.54, 1.807) is 4.98 Å². The molecule has 11 nitrogen and oxygen atoms in total. The molecule has 0 radical (unpaired) electrons. The molecule has 4 rings (SSSR count). The lowest BCUT2D eigenvalue weighted by Gasteiger charge is -2.27. The van der Waals surface area contributed by atoms with E-state index in [4.69, 9.17) is 8.92 Å². The normalized spacial score (nSPS) is 23.1. The summed E-state index contributed by atoms with van der Waals surface area (Å²) in [5, 5.41) is 0. The van der Waals surface area contributed by atoms with E-state index >= 15 is 4.39 Å². The van der Waals surface area contributed by atoms with E-state index in [1.807, 2.05) is 0 Å². The van der Waals surface area contributed by atoms with Crippen LogP contribution in [-0.2, 0) is 45.7 Å². The summed E-state index contributed by atoms with van der Waals surface area (Å²) >= 11 is 0. The lowest BCUT2D eigenvalue weighted by Crippen LogP contribution is -2.46. The molecule has 1 aliphatic heterocycles. The molecule has 0 amide bonds. The van der Waals surface area contributed by atoms with Crippen molar-refractivity contribution in [2.24, 2.45) is 0 Å². The van der Waals surface area contributed by atoms with Gasteiger partial charge in [-0.05, 0) is 31.2 Å². The van der Waals surface area contributed by atoms with Gasteiger partial charge >= 0.3 is 18.0 Å². The smallest absolute Gasteiger partial charge is 0.346 e. The van der Waals surface area contributed by atoms with E-state index in [0.29, 0.717) is 42.0 Å². The average molecular weight is 677 g/mol. The van der Waals surface area contributed by atoms with Crippen molar-refractivity contribution in [3.63, 3.8) is 0 Å². The molecule has 0 aliphatic carbocycles. The number of benzene rings is 2. The molecule has 44 heavy (non-hydrogen) atoms. The van der Waals surface area contributed by atoms with Gasteiger partial charge in [0.15, 0.2) is 11.9 Å². The first-order valence-corrected chi connectivity index (χ1v) is 14.8. The van der Waals surface area contributed by atoms with Crippen LogP contribution >= 0.6 is 0 Å². The van der Waals surface area contributed by atoms with E-state index in [-0.39, 0.29) is 0 Å². The Bertz CT molecular complexity index is 1890. The Morgan fingerprint density at radius 3 is 1.86 bits per heavy atom. The molecule has 0 bridgehead atoms. The zero-order valence-corrected chi connectivity index (χ0v) is 23.4. The highest BCUT2D eigenvalue weighted by molar-refractivity contribution is 7.87. The molecule has 0 spiro atoms. The molecule has 1 N–H and O–H groups in total. The summed E-state index contributed by atoms with van der Waals surface area (Å²) < 4.78 is 164. The van der Waals surface area contributed by atoms with Crippen LogP contribution in [0.2, 0.25) is 0 Å². The second-order valence-corrected chi connectivity index (χ2v) is 12.5. The van der Waals surface area contributed by atoms with Crippen molar-refractivity contribution >= 4 is 20.2 Å². The van der Waals surface area contributed by atoms with Crippen LogP contribution < -0.4 is 11.2 Å². The molecular weight excluding hydrogens is 657 g/mol. The highest BCUT2D eigenvalue weighted by atomic mass is 32.2. The van der Waals surface area contributed by atoms with Crippen LogP contribution in [0.25, 0.3) is 0 Å².